The monoisotopic (exact) mass is 180 g/mol. The zero-order valence-electron chi connectivity index (χ0n) is 7.81. The number of hydrogen-bond acceptors (Lipinski definition) is 1. The summed E-state index contributed by atoms with van der Waals surface area (Å²) in [6.07, 6.45) is 10.1. The van der Waals surface area contributed by atoms with Crippen LogP contribution < -0.4 is 10.6 Å². The van der Waals surface area contributed by atoms with Gasteiger partial charge in [-0.15, -0.1) is 12.3 Å². The molecule has 0 aromatic heterocycles. The van der Waals surface area contributed by atoms with Crippen LogP contribution in [0.25, 0.3) is 0 Å². The summed E-state index contributed by atoms with van der Waals surface area (Å²) < 4.78 is 0. The van der Waals surface area contributed by atoms with Crippen LogP contribution in [-0.4, -0.2) is 18.6 Å². The first-order valence-corrected chi connectivity index (χ1v) is 4.81. The molecule has 13 heavy (non-hydrogen) atoms. The first-order chi connectivity index (χ1) is 6.33. The van der Waals surface area contributed by atoms with Gasteiger partial charge in [-0.3, -0.25) is 0 Å². The Labute approximate surface area is 79.3 Å². The maximum Gasteiger partial charge on any atom is 0.315 e. The number of terminal acetylenes is 1. The molecular weight excluding hydrogens is 164 g/mol. The Hall–Kier alpha value is -1.17. The van der Waals surface area contributed by atoms with Crippen molar-refractivity contribution in [3.05, 3.63) is 0 Å². The molecule has 0 atom stereocenters. The lowest BCUT2D eigenvalue weighted by Crippen LogP contribution is -2.37. The van der Waals surface area contributed by atoms with Crippen LogP contribution in [0.2, 0.25) is 0 Å². The molecule has 0 spiro atoms. The number of carbonyl (C=O) groups excluding carboxylic acids is 1. The van der Waals surface area contributed by atoms with Crippen molar-refractivity contribution in [2.24, 2.45) is 0 Å². The van der Waals surface area contributed by atoms with E-state index in [-0.39, 0.29) is 6.03 Å². The summed E-state index contributed by atoms with van der Waals surface area (Å²) in [7, 11) is 0. The zero-order valence-corrected chi connectivity index (χ0v) is 7.81. The maximum atomic E-state index is 11.1. The molecule has 1 aliphatic carbocycles. The maximum absolute atomic E-state index is 11.1. The fraction of sp³-hybridized carbons (Fsp3) is 0.700. The Morgan fingerprint density at radius 3 is 2.85 bits per heavy atom. The van der Waals surface area contributed by atoms with E-state index in [1.54, 1.807) is 0 Å². The molecule has 0 saturated heterocycles. The molecule has 2 N–H and O–H groups in total. The second-order valence-electron chi connectivity index (χ2n) is 3.34. The minimum Gasteiger partial charge on any atom is -0.338 e. The van der Waals surface area contributed by atoms with Gasteiger partial charge >= 0.3 is 6.03 Å². The highest BCUT2D eigenvalue weighted by Gasteiger charge is 2.22. The number of rotatable bonds is 5. The smallest absolute Gasteiger partial charge is 0.315 e. The third-order valence-corrected chi connectivity index (χ3v) is 1.95. The number of hydrogen-bond donors (Lipinski definition) is 2. The zero-order chi connectivity index (χ0) is 9.52. The van der Waals surface area contributed by atoms with Gasteiger partial charge in [-0.2, -0.15) is 0 Å². The van der Waals surface area contributed by atoms with Gasteiger partial charge in [-0.1, -0.05) is 0 Å². The van der Waals surface area contributed by atoms with Gasteiger partial charge in [0.2, 0.25) is 0 Å². The van der Waals surface area contributed by atoms with Crippen LogP contribution in [0.15, 0.2) is 0 Å². The van der Waals surface area contributed by atoms with E-state index in [9.17, 15) is 4.79 Å². The van der Waals surface area contributed by atoms with Crippen molar-refractivity contribution in [2.75, 3.05) is 6.54 Å². The van der Waals surface area contributed by atoms with Crippen molar-refractivity contribution < 1.29 is 4.79 Å². The van der Waals surface area contributed by atoms with Gasteiger partial charge in [0.25, 0.3) is 0 Å². The van der Waals surface area contributed by atoms with Crippen LogP contribution in [0.4, 0.5) is 4.79 Å². The second kappa shape index (κ2) is 5.47. The Bertz CT molecular complexity index is 203. The fourth-order valence-corrected chi connectivity index (χ4v) is 1.02. The normalized spacial score (nSPS) is 14.7. The molecule has 0 unspecified atom stereocenters. The molecule has 1 fully saturated rings. The molecular formula is C10H16N2O. The predicted molar refractivity (Wildman–Crippen MR) is 52.2 cm³/mol. The Morgan fingerprint density at radius 2 is 2.23 bits per heavy atom. The summed E-state index contributed by atoms with van der Waals surface area (Å²) in [5.74, 6) is 2.57. The number of amides is 2. The largest absolute Gasteiger partial charge is 0.338 e. The van der Waals surface area contributed by atoms with Crippen LogP contribution in [0.3, 0.4) is 0 Å². The van der Waals surface area contributed by atoms with Gasteiger partial charge in [0, 0.05) is 19.0 Å². The lowest BCUT2D eigenvalue weighted by atomic mass is 10.2. The summed E-state index contributed by atoms with van der Waals surface area (Å²) in [5.41, 5.74) is 0. The quantitative estimate of drug-likeness (QED) is 0.485. The molecule has 0 bridgehead atoms. The summed E-state index contributed by atoms with van der Waals surface area (Å²) in [6, 6.07) is 0.397. The summed E-state index contributed by atoms with van der Waals surface area (Å²) in [6.45, 7) is 0.722. The predicted octanol–water partition coefficient (Wildman–Crippen LogP) is 1.25. The van der Waals surface area contributed by atoms with Crippen molar-refractivity contribution in [1.29, 1.82) is 0 Å². The topological polar surface area (TPSA) is 41.1 Å². The van der Waals surface area contributed by atoms with Gasteiger partial charge < -0.3 is 10.6 Å². The lowest BCUT2D eigenvalue weighted by molar-refractivity contribution is 0.240. The fourth-order valence-electron chi connectivity index (χ4n) is 1.02. The van der Waals surface area contributed by atoms with Gasteiger partial charge in [-0.25, -0.2) is 4.79 Å². The highest BCUT2D eigenvalue weighted by Crippen LogP contribution is 2.18. The first-order valence-electron chi connectivity index (χ1n) is 4.81. The molecule has 0 aromatic rings. The third kappa shape index (κ3) is 5.13. The van der Waals surface area contributed by atoms with E-state index in [1.807, 2.05) is 0 Å². The second-order valence-corrected chi connectivity index (χ2v) is 3.34. The van der Waals surface area contributed by atoms with Crippen molar-refractivity contribution in [3.8, 4) is 12.3 Å². The Morgan fingerprint density at radius 1 is 1.46 bits per heavy atom. The summed E-state index contributed by atoms with van der Waals surface area (Å²) in [5, 5.41) is 5.65. The molecule has 1 rings (SSSR count). The molecule has 2 amide bonds. The first kappa shape index (κ1) is 9.91. The van der Waals surface area contributed by atoms with Crippen LogP contribution >= 0.6 is 0 Å². The third-order valence-electron chi connectivity index (χ3n) is 1.95. The molecule has 1 saturated carbocycles. The standard InChI is InChI=1S/C10H16N2O/c1-2-3-4-5-8-11-10(13)12-9-6-7-9/h1,9H,3-8H2,(H2,11,12,13). The number of nitrogens with one attached hydrogen (secondary N) is 2. The molecule has 3 heteroatoms. The Kier molecular flexibility index (Phi) is 4.17. The van der Waals surface area contributed by atoms with Gasteiger partial charge in [-0.05, 0) is 25.7 Å². The van der Waals surface area contributed by atoms with Crippen molar-refractivity contribution in [1.82, 2.24) is 10.6 Å². The Balaban J connectivity index is 1.86. The van der Waals surface area contributed by atoms with Crippen LogP contribution in [-0.2, 0) is 0 Å². The van der Waals surface area contributed by atoms with E-state index >= 15 is 0 Å². The minimum absolute atomic E-state index is 0.0387. The van der Waals surface area contributed by atoms with E-state index in [1.165, 1.54) is 0 Å². The van der Waals surface area contributed by atoms with Gasteiger partial charge in [0.15, 0.2) is 0 Å². The highest BCUT2D eigenvalue weighted by molar-refractivity contribution is 5.74. The molecule has 3 nitrogen and oxygen atoms in total. The van der Waals surface area contributed by atoms with E-state index in [0.29, 0.717) is 6.04 Å². The summed E-state index contributed by atoms with van der Waals surface area (Å²) >= 11 is 0. The number of carbonyl (C=O) groups is 1. The lowest BCUT2D eigenvalue weighted by Gasteiger charge is -2.04. The minimum atomic E-state index is -0.0387. The van der Waals surface area contributed by atoms with Crippen molar-refractivity contribution in [3.63, 3.8) is 0 Å². The van der Waals surface area contributed by atoms with Crippen LogP contribution in [0, 0.1) is 12.3 Å². The average Bonchev–Trinajstić information content (AvgIpc) is 2.88. The molecule has 0 aromatic carbocycles. The van der Waals surface area contributed by atoms with E-state index < -0.39 is 0 Å². The molecule has 0 aliphatic heterocycles. The molecule has 0 radical (unpaired) electrons. The molecule has 72 valence electrons. The molecule has 1 aliphatic rings. The average molecular weight is 180 g/mol. The van der Waals surface area contributed by atoms with Crippen LogP contribution in [0.1, 0.15) is 32.1 Å². The molecule has 0 heterocycles. The number of unbranched alkanes of at least 4 members (excludes halogenated alkanes) is 2. The van der Waals surface area contributed by atoms with E-state index in [0.717, 1.165) is 38.6 Å². The van der Waals surface area contributed by atoms with E-state index in [2.05, 4.69) is 16.6 Å². The van der Waals surface area contributed by atoms with Crippen molar-refractivity contribution >= 4 is 6.03 Å². The SMILES string of the molecule is C#CCCCCNC(=O)NC1CC1. The van der Waals surface area contributed by atoms with Gasteiger partial charge in [0.05, 0.1) is 0 Å². The highest BCUT2D eigenvalue weighted by atomic mass is 16.2. The van der Waals surface area contributed by atoms with E-state index in [4.69, 9.17) is 6.42 Å². The summed E-state index contributed by atoms with van der Waals surface area (Å²) in [4.78, 5) is 11.1. The number of urea groups is 1. The van der Waals surface area contributed by atoms with Crippen LogP contribution in [0.5, 0.6) is 0 Å². The van der Waals surface area contributed by atoms with Crippen molar-refractivity contribution in [2.45, 2.75) is 38.1 Å². The van der Waals surface area contributed by atoms with Gasteiger partial charge in [0.1, 0.15) is 0 Å².